The summed E-state index contributed by atoms with van der Waals surface area (Å²) >= 11 is 0. The van der Waals surface area contributed by atoms with Gasteiger partial charge in [-0.3, -0.25) is 0 Å². The second-order valence-corrected chi connectivity index (χ2v) is 7.25. The molecule has 1 aliphatic rings. The van der Waals surface area contributed by atoms with Crippen LogP contribution in [0.5, 0.6) is 11.5 Å². The lowest BCUT2D eigenvalue weighted by Gasteiger charge is -2.18. The van der Waals surface area contributed by atoms with E-state index in [1.807, 2.05) is 0 Å². The summed E-state index contributed by atoms with van der Waals surface area (Å²) in [6.07, 6.45) is 1.54. The SMILES string of the molecule is COCCN(N=Cc1ccc(O)c(OC)c1)C1=NS(=O)(=O)c2ccccc21. The molecule has 0 radical (unpaired) electrons. The van der Waals surface area contributed by atoms with Gasteiger partial charge in [-0.1, -0.05) is 12.1 Å². The van der Waals surface area contributed by atoms with Crippen molar-refractivity contribution in [1.82, 2.24) is 5.01 Å². The first-order valence-corrected chi connectivity index (χ1v) is 9.52. The summed E-state index contributed by atoms with van der Waals surface area (Å²) in [5.41, 5.74) is 1.16. The maximum Gasteiger partial charge on any atom is 0.285 e. The largest absolute Gasteiger partial charge is 0.504 e. The summed E-state index contributed by atoms with van der Waals surface area (Å²) in [4.78, 5) is 0.156. The lowest BCUT2D eigenvalue weighted by Crippen LogP contribution is -2.29. The van der Waals surface area contributed by atoms with Gasteiger partial charge in [0.05, 0.1) is 26.5 Å². The topological polar surface area (TPSA) is 101 Å². The van der Waals surface area contributed by atoms with Gasteiger partial charge in [-0.05, 0) is 35.9 Å². The van der Waals surface area contributed by atoms with Crippen molar-refractivity contribution in [2.45, 2.75) is 4.90 Å². The molecule has 8 nitrogen and oxygen atoms in total. The number of phenols is 1. The van der Waals surface area contributed by atoms with Gasteiger partial charge in [0, 0.05) is 12.7 Å². The molecule has 0 atom stereocenters. The Balaban J connectivity index is 1.96. The first kappa shape index (κ1) is 18.9. The highest BCUT2D eigenvalue weighted by atomic mass is 32.2. The molecule has 3 rings (SSSR count). The van der Waals surface area contributed by atoms with E-state index in [1.165, 1.54) is 30.5 Å². The Morgan fingerprint density at radius 1 is 1.22 bits per heavy atom. The van der Waals surface area contributed by atoms with Crippen molar-refractivity contribution in [1.29, 1.82) is 0 Å². The number of ether oxygens (including phenoxy) is 2. The molecule has 0 amide bonds. The highest BCUT2D eigenvalue weighted by molar-refractivity contribution is 7.90. The van der Waals surface area contributed by atoms with Crippen LogP contribution in [0.1, 0.15) is 11.1 Å². The molecule has 2 aromatic rings. The Kier molecular flexibility index (Phi) is 5.43. The van der Waals surface area contributed by atoms with E-state index in [9.17, 15) is 13.5 Å². The minimum absolute atomic E-state index is 0.0195. The van der Waals surface area contributed by atoms with Crippen LogP contribution in [-0.4, -0.2) is 58.0 Å². The molecule has 0 aromatic heterocycles. The molecule has 0 fully saturated rings. The van der Waals surface area contributed by atoms with E-state index in [-0.39, 0.29) is 16.5 Å². The third-order valence-electron chi connectivity index (χ3n) is 3.91. The summed E-state index contributed by atoms with van der Waals surface area (Å²) in [6.45, 7) is 0.641. The van der Waals surface area contributed by atoms with Crippen LogP contribution >= 0.6 is 0 Å². The summed E-state index contributed by atoms with van der Waals surface area (Å²) < 4.78 is 38.7. The van der Waals surface area contributed by atoms with E-state index in [1.54, 1.807) is 37.4 Å². The van der Waals surface area contributed by atoms with Crippen LogP contribution in [0.3, 0.4) is 0 Å². The molecular weight excluding hydrogens is 370 g/mol. The first-order valence-electron chi connectivity index (χ1n) is 8.08. The fraction of sp³-hybridized carbons (Fsp3) is 0.222. The second-order valence-electron chi connectivity index (χ2n) is 5.68. The molecule has 2 aromatic carbocycles. The van der Waals surface area contributed by atoms with Crippen molar-refractivity contribution in [3.8, 4) is 11.5 Å². The van der Waals surface area contributed by atoms with E-state index < -0.39 is 10.0 Å². The molecule has 142 valence electrons. The van der Waals surface area contributed by atoms with Gasteiger partial charge in [-0.2, -0.15) is 13.5 Å². The predicted octanol–water partition coefficient (Wildman–Crippen LogP) is 1.83. The number of hydrogen-bond acceptors (Lipinski definition) is 7. The molecule has 1 heterocycles. The van der Waals surface area contributed by atoms with E-state index in [0.29, 0.717) is 30.0 Å². The number of sulfonamides is 1. The zero-order valence-corrected chi connectivity index (χ0v) is 15.7. The average Bonchev–Trinajstić information content (AvgIpc) is 2.94. The van der Waals surface area contributed by atoms with Crippen molar-refractivity contribution < 1.29 is 23.0 Å². The van der Waals surface area contributed by atoms with Crippen LogP contribution in [0.4, 0.5) is 0 Å². The van der Waals surface area contributed by atoms with E-state index >= 15 is 0 Å². The molecule has 1 N–H and O–H groups in total. The van der Waals surface area contributed by atoms with Gasteiger partial charge in [-0.25, -0.2) is 5.01 Å². The Morgan fingerprint density at radius 3 is 2.74 bits per heavy atom. The van der Waals surface area contributed by atoms with Crippen LogP contribution in [0.2, 0.25) is 0 Å². The third kappa shape index (κ3) is 3.93. The monoisotopic (exact) mass is 389 g/mol. The van der Waals surface area contributed by atoms with Gasteiger partial charge < -0.3 is 14.6 Å². The van der Waals surface area contributed by atoms with Crippen LogP contribution in [0.25, 0.3) is 0 Å². The number of hydrogen-bond donors (Lipinski definition) is 1. The summed E-state index contributed by atoms with van der Waals surface area (Å²) in [5, 5.41) is 15.5. The highest BCUT2D eigenvalue weighted by Crippen LogP contribution is 2.28. The zero-order valence-electron chi connectivity index (χ0n) is 14.9. The van der Waals surface area contributed by atoms with E-state index in [4.69, 9.17) is 9.47 Å². The minimum Gasteiger partial charge on any atom is -0.504 e. The van der Waals surface area contributed by atoms with Gasteiger partial charge in [0.15, 0.2) is 17.3 Å². The minimum atomic E-state index is -3.75. The van der Waals surface area contributed by atoms with Crippen LogP contribution in [0.15, 0.2) is 56.9 Å². The number of methoxy groups -OCH3 is 2. The third-order valence-corrected chi connectivity index (χ3v) is 5.24. The molecule has 0 unspecified atom stereocenters. The summed E-state index contributed by atoms with van der Waals surface area (Å²) in [7, 11) is -0.742. The Labute approximate surface area is 157 Å². The summed E-state index contributed by atoms with van der Waals surface area (Å²) in [5.74, 6) is 0.573. The number of hydrazone groups is 1. The number of amidine groups is 1. The van der Waals surface area contributed by atoms with Crippen molar-refractivity contribution in [3.05, 3.63) is 53.6 Å². The highest BCUT2D eigenvalue weighted by Gasteiger charge is 2.31. The number of fused-ring (bicyclic) bond motifs is 1. The summed E-state index contributed by atoms with van der Waals surface area (Å²) in [6, 6.07) is 11.4. The maximum absolute atomic E-state index is 12.3. The van der Waals surface area contributed by atoms with Gasteiger partial charge in [0.25, 0.3) is 10.0 Å². The standard InChI is InChI=1S/C18H19N3O5S/c1-25-10-9-21(19-12-13-7-8-15(22)16(11-13)26-2)18-14-5-3-4-6-17(14)27(23,24)20-18/h3-8,11-12,22H,9-10H2,1-2H3. The second kappa shape index (κ2) is 7.77. The Bertz CT molecular complexity index is 1000. The van der Waals surface area contributed by atoms with Gasteiger partial charge in [0.1, 0.15) is 4.90 Å². The fourth-order valence-electron chi connectivity index (χ4n) is 2.58. The molecule has 27 heavy (non-hydrogen) atoms. The number of phenolic OH excluding ortho intramolecular Hbond substituents is 1. The number of aromatic hydroxyl groups is 1. The van der Waals surface area contributed by atoms with Crippen molar-refractivity contribution >= 4 is 22.1 Å². The normalized spacial score (nSPS) is 14.8. The van der Waals surface area contributed by atoms with E-state index in [2.05, 4.69) is 9.50 Å². The van der Waals surface area contributed by atoms with Gasteiger partial charge in [0.2, 0.25) is 0 Å². The zero-order chi connectivity index (χ0) is 19.4. The number of nitrogens with zero attached hydrogens (tertiary/aromatic N) is 3. The van der Waals surface area contributed by atoms with Crippen molar-refractivity contribution in [2.24, 2.45) is 9.50 Å². The molecular formula is C18H19N3O5S. The molecule has 0 aliphatic carbocycles. The Morgan fingerprint density at radius 2 is 2.00 bits per heavy atom. The van der Waals surface area contributed by atoms with Crippen LogP contribution < -0.4 is 4.74 Å². The Hall–Kier alpha value is -2.91. The molecule has 0 saturated heterocycles. The van der Waals surface area contributed by atoms with Crippen LogP contribution in [0, 0.1) is 0 Å². The van der Waals surface area contributed by atoms with Gasteiger partial charge >= 0.3 is 0 Å². The van der Waals surface area contributed by atoms with Gasteiger partial charge in [-0.15, -0.1) is 4.40 Å². The van der Waals surface area contributed by atoms with Crippen molar-refractivity contribution in [2.75, 3.05) is 27.4 Å². The molecule has 0 saturated carbocycles. The number of benzene rings is 2. The van der Waals surface area contributed by atoms with E-state index in [0.717, 1.165) is 0 Å². The fourth-order valence-corrected chi connectivity index (χ4v) is 3.79. The maximum atomic E-state index is 12.3. The lowest BCUT2D eigenvalue weighted by atomic mass is 10.2. The quantitative estimate of drug-likeness (QED) is 0.598. The average molecular weight is 389 g/mol. The van der Waals surface area contributed by atoms with Crippen molar-refractivity contribution in [3.63, 3.8) is 0 Å². The smallest absolute Gasteiger partial charge is 0.285 e. The molecule has 0 bridgehead atoms. The number of rotatable bonds is 6. The lowest BCUT2D eigenvalue weighted by molar-refractivity contribution is 0.178. The first-order chi connectivity index (χ1) is 13.0. The molecule has 9 heteroatoms. The predicted molar refractivity (Wildman–Crippen MR) is 101 cm³/mol. The molecule has 0 spiro atoms. The van der Waals surface area contributed by atoms with Crippen LogP contribution in [-0.2, 0) is 14.8 Å². The molecule has 1 aliphatic heterocycles.